The van der Waals surface area contributed by atoms with Gasteiger partial charge in [-0.15, -0.1) is 0 Å². The van der Waals surface area contributed by atoms with Gasteiger partial charge in [0.25, 0.3) is 0 Å². The molecule has 5 nitrogen and oxygen atoms in total. The zero-order valence-electron chi connectivity index (χ0n) is 14.9. The lowest BCUT2D eigenvalue weighted by Gasteiger charge is -2.37. The van der Waals surface area contributed by atoms with E-state index in [9.17, 15) is 4.79 Å². The van der Waals surface area contributed by atoms with E-state index in [0.717, 1.165) is 37.4 Å². The normalized spacial score (nSPS) is 14.7. The first-order chi connectivity index (χ1) is 12.6. The highest BCUT2D eigenvalue weighted by Crippen LogP contribution is 2.28. The van der Waals surface area contributed by atoms with Crippen molar-refractivity contribution < 1.29 is 4.79 Å². The number of nitrogens with two attached hydrogens (primary N) is 1. The van der Waals surface area contributed by atoms with Gasteiger partial charge in [0.1, 0.15) is 0 Å². The second-order valence-corrected chi connectivity index (χ2v) is 6.69. The Hall–Kier alpha value is -3.08. The number of fused-ring (bicyclic) bond motifs is 1. The molecular weight excluding hydrogens is 324 g/mol. The summed E-state index contributed by atoms with van der Waals surface area (Å²) >= 11 is 0. The maximum absolute atomic E-state index is 11.2. The summed E-state index contributed by atoms with van der Waals surface area (Å²) in [6, 6.07) is 16.0. The van der Waals surface area contributed by atoms with Crippen LogP contribution in [0.4, 0.5) is 11.4 Å². The van der Waals surface area contributed by atoms with Crippen molar-refractivity contribution in [3.8, 4) is 0 Å². The van der Waals surface area contributed by atoms with Crippen molar-refractivity contribution >= 4 is 28.2 Å². The minimum absolute atomic E-state index is 0.388. The predicted molar refractivity (Wildman–Crippen MR) is 106 cm³/mol. The summed E-state index contributed by atoms with van der Waals surface area (Å²) < 4.78 is 0. The Labute approximate surface area is 153 Å². The molecule has 2 heterocycles. The zero-order chi connectivity index (χ0) is 18.1. The molecule has 0 spiro atoms. The molecular formula is C21H22N4O. The number of hydrogen-bond acceptors (Lipinski definition) is 4. The third kappa shape index (κ3) is 2.96. The summed E-state index contributed by atoms with van der Waals surface area (Å²) in [5.41, 5.74) is 10.5. The second kappa shape index (κ2) is 6.67. The largest absolute Gasteiger partial charge is 0.368 e. The number of aryl methyl sites for hydroxylation is 1. The third-order valence-corrected chi connectivity index (χ3v) is 5.09. The van der Waals surface area contributed by atoms with Gasteiger partial charge >= 0.3 is 0 Å². The number of aromatic nitrogens is 1. The highest BCUT2D eigenvalue weighted by molar-refractivity contribution is 5.94. The SMILES string of the molecule is Cc1cccc2c(N3CCN(c4ccc(C(N)=O)cc4)CC3)ccnc12. The van der Waals surface area contributed by atoms with Crippen molar-refractivity contribution in [3.05, 3.63) is 65.9 Å². The van der Waals surface area contributed by atoms with Gasteiger partial charge in [-0.2, -0.15) is 0 Å². The molecule has 0 atom stereocenters. The smallest absolute Gasteiger partial charge is 0.248 e. The van der Waals surface area contributed by atoms with Crippen LogP contribution in [0.25, 0.3) is 10.9 Å². The molecule has 0 radical (unpaired) electrons. The van der Waals surface area contributed by atoms with E-state index in [2.05, 4.69) is 46.0 Å². The van der Waals surface area contributed by atoms with Crippen LogP contribution in [-0.4, -0.2) is 37.1 Å². The van der Waals surface area contributed by atoms with Crippen LogP contribution in [0.15, 0.2) is 54.7 Å². The van der Waals surface area contributed by atoms with E-state index < -0.39 is 0 Å². The van der Waals surface area contributed by atoms with E-state index in [1.165, 1.54) is 16.6 Å². The maximum Gasteiger partial charge on any atom is 0.248 e. The minimum atomic E-state index is -0.388. The van der Waals surface area contributed by atoms with Crippen LogP contribution in [0.3, 0.4) is 0 Å². The van der Waals surface area contributed by atoms with Gasteiger partial charge in [0, 0.05) is 54.7 Å². The quantitative estimate of drug-likeness (QED) is 0.792. The zero-order valence-corrected chi connectivity index (χ0v) is 14.9. The summed E-state index contributed by atoms with van der Waals surface area (Å²) in [5.74, 6) is -0.388. The predicted octanol–water partition coefficient (Wildman–Crippen LogP) is 2.97. The molecule has 4 rings (SSSR count). The number of para-hydroxylation sites is 1. The second-order valence-electron chi connectivity index (χ2n) is 6.69. The molecule has 0 unspecified atom stereocenters. The third-order valence-electron chi connectivity index (χ3n) is 5.09. The van der Waals surface area contributed by atoms with Gasteiger partial charge in [0.15, 0.2) is 0 Å². The van der Waals surface area contributed by atoms with Crippen LogP contribution in [0.1, 0.15) is 15.9 Å². The first-order valence-electron chi connectivity index (χ1n) is 8.87. The molecule has 1 aromatic heterocycles. The molecule has 132 valence electrons. The molecule has 3 aromatic rings. The highest BCUT2D eigenvalue weighted by atomic mass is 16.1. The number of rotatable bonds is 3. The van der Waals surface area contributed by atoms with Crippen molar-refractivity contribution in [1.82, 2.24) is 4.98 Å². The maximum atomic E-state index is 11.2. The van der Waals surface area contributed by atoms with Gasteiger partial charge in [-0.25, -0.2) is 0 Å². The van der Waals surface area contributed by atoms with E-state index in [1.807, 2.05) is 18.3 Å². The van der Waals surface area contributed by atoms with Gasteiger partial charge in [0.05, 0.1) is 5.52 Å². The molecule has 1 aliphatic rings. The Morgan fingerprint density at radius 2 is 1.65 bits per heavy atom. The molecule has 0 bridgehead atoms. The number of pyridine rings is 1. The lowest BCUT2D eigenvalue weighted by atomic mass is 10.1. The van der Waals surface area contributed by atoms with Crippen molar-refractivity contribution in [2.24, 2.45) is 5.73 Å². The number of nitrogens with zero attached hydrogens (tertiary/aromatic N) is 3. The number of carbonyl (C=O) groups is 1. The Kier molecular flexibility index (Phi) is 4.21. The fourth-order valence-electron chi connectivity index (χ4n) is 3.63. The van der Waals surface area contributed by atoms with Crippen LogP contribution >= 0.6 is 0 Å². The number of anilines is 2. The number of benzene rings is 2. The lowest BCUT2D eigenvalue weighted by molar-refractivity contribution is 0.100. The van der Waals surface area contributed by atoms with E-state index in [4.69, 9.17) is 5.73 Å². The van der Waals surface area contributed by atoms with Gasteiger partial charge < -0.3 is 15.5 Å². The van der Waals surface area contributed by atoms with Crippen molar-refractivity contribution in [1.29, 1.82) is 0 Å². The van der Waals surface area contributed by atoms with Crippen LogP contribution < -0.4 is 15.5 Å². The van der Waals surface area contributed by atoms with Gasteiger partial charge in [0.2, 0.25) is 5.91 Å². The number of amides is 1. The number of piperazine rings is 1. The molecule has 1 fully saturated rings. The van der Waals surface area contributed by atoms with E-state index in [-0.39, 0.29) is 5.91 Å². The average Bonchev–Trinajstić information content (AvgIpc) is 2.68. The summed E-state index contributed by atoms with van der Waals surface area (Å²) in [4.78, 5) is 20.5. The summed E-state index contributed by atoms with van der Waals surface area (Å²) in [7, 11) is 0. The number of hydrogen-bond donors (Lipinski definition) is 1. The first-order valence-corrected chi connectivity index (χ1v) is 8.87. The molecule has 1 amide bonds. The molecule has 0 aliphatic carbocycles. The standard InChI is InChI=1S/C21H22N4O/c1-15-3-2-4-18-19(9-10-23-20(15)18)25-13-11-24(12-14-25)17-7-5-16(6-8-17)21(22)26/h2-10H,11-14H2,1H3,(H2,22,26). The minimum Gasteiger partial charge on any atom is -0.368 e. The average molecular weight is 346 g/mol. The molecule has 1 aliphatic heterocycles. The molecule has 1 saturated heterocycles. The molecule has 2 aromatic carbocycles. The topological polar surface area (TPSA) is 62.5 Å². The Balaban J connectivity index is 1.52. The van der Waals surface area contributed by atoms with Crippen LogP contribution in [0.5, 0.6) is 0 Å². The van der Waals surface area contributed by atoms with Crippen molar-refractivity contribution in [3.63, 3.8) is 0 Å². The molecule has 0 saturated carbocycles. The van der Waals surface area contributed by atoms with Crippen LogP contribution in [-0.2, 0) is 0 Å². The van der Waals surface area contributed by atoms with Crippen molar-refractivity contribution in [2.45, 2.75) is 6.92 Å². The number of primary amides is 1. The van der Waals surface area contributed by atoms with Gasteiger partial charge in [-0.1, -0.05) is 18.2 Å². The Morgan fingerprint density at radius 3 is 2.35 bits per heavy atom. The highest BCUT2D eigenvalue weighted by Gasteiger charge is 2.19. The molecule has 26 heavy (non-hydrogen) atoms. The summed E-state index contributed by atoms with van der Waals surface area (Å²) in [6.45, 7) is 5.87. The lowest BCUT2D eigenvalue weighted by Crippen LogP contribution is -2.46. The fraction of sp³-hybridized carbons (Fsp3) is 0.238. The van der Waals surface area contributed by atoms with Crippen LogP contribution in [0.2, 0.25) is 0 Å². The number of carbonyl (C=O) groups excluding carboxylic acids is 1. The summed E-state index contributed by atoms with van der Waals surface area (Å²) in [5, 5.41) is 1.21. The monoisotopic (exact) mass is 346 g/mol. The van der Waals surface area contributed by atoms with Crippen molar-refractivity contribution in [2.75, 3.05) is 36.0 Å². The fourth-order valence-corrected chi connectivity index (χ4v) is 3.63. The molecule has 5 heteroatoms. The Bertz CT molecular complexity index is 944. The Morgan fingerprint density at radius 1 is 0.962 bits per heavy atom. The summed E-state index contributed by atoms with van der Waals surface area (Å²) in [6.07, 6.45) is 1.90. The van der Waals surface area contributed by atoms with E-state index >= 15 is 0 Å². The van der Waals surface area contributed by atoms with Gasteiger partial charge in [-0.05, 0) is 42.8 Å². The van der Waals surface area contributed by atoms with E-state index in [1.54, 1.807) is 12.1 Å². The van der Waals surface area contributed by atoms with Gasteiger partial charge in [-0.3, -0.25) is 9.78 Å². The first kappa shape index (κ1) is 16.4. The van der Waals surface area contributed by atoms with E-state index in [0.29, 0.717) is 5.56 Å². The van der Waals surface area contributed by atoms with Crippen LogP contribution in [0, 0.1) is 6.92 Å². The molecule has 2 N–H and O–H groups in total.